The first-order valence-corrected chi connectivity index (χ1v) is 7.27. The van der Waals surface area contributed by atoms with E-state index in [-0.39, 0.29) is 0 Å². The molecule has 0 aromatic rings. The average Bonchev–Trinajstić information content (AvgIpc) is 2.31. The maximum atomic E-state index is 5.19. The molecule has 0 aliphatic rings. The lowest BCUT2D eigenvalue weighted by atomic mass is 10.1. The first kappa shape index (κ1) is 16.3. The van der Waals surface area contributed by atoms with Gasteiger partial charge in [-0.2, -0.15) is 12.6 Å². The summed E-state index contributed by atoms with van der Waals surface area (Å²) in [6.45, 7) is 7.69. The van der Waals surface area contributed by atoms with Gasteiger partial charge in [0.15, 0.2) is 0 Å². The molecule has 0 N–H and O–H groups in total. The summed E-state index contributed by atoms with van der Waals surface area (Å²) in [5.74, 6) is 1.02. The molecule has 0 saturated heterocycles. The lowest BCUT2D eigenvalue weighted by Gasteiger charge is -2.30. The molecule has 0 saturated carbocycles. The molecule has 0 radical (unpaired) electrons. The Balaban J connectivity index is 3.88. The van der Waals surface area contributed by atoms with Gasteiger partial charge in [-0.3, -0.25) is 4.90 Å². The zero-order valence-electron chi connectivity index (χ0n) is 11.2. The Hall–Kier alpha value is 0.270. The van der Waals surface area contributed by atoms with E-state index in [2.05, 4.69) is 31.4 Å². The highest BCUT2D eigenvalue weighted by Gasteiger charge is 2.13. The van der Waals surface area contributed by atoms with Crippen LogP contribution in [0, 0.1) is 0 Å². The van der Waals surface area contributed by atoms with E-state index in [0.717, 1.165) is 24.9 Å². The zero-order chi connectivity index (χ0) is 12.2. The molecular weight excluding hydrogens is 218 g/mol. The van der Waals surface area contributed by atoms with Crippen molar-refractivity contribution in [2.45, 2.75) is 52.0 Å². The summed E-state index contributed by atoms with van der Waals surface area (Å²) in [7, 11) is 1.78. The third-order valence-electron chi connectivity index (χ3n) is 3.14. The molecule has 0 heterocycles. The van der Waals surface area contributed by atoms with Crippen molar-refractivity contribution in [2.24, 2.45) is 0 Å². The van der Waals surface area contributed by atoms with Crippen LogP contribution in [0.2, 0.25) is 0 Å². The van der Waals surface area contributed by atoms with Gasteiger partial charge in [0.1, 0.15) is 0 Å². The predicted molar refractivity (Wildman–Crippen MR) is 75.5 cm³/mol. The number of nitrogens with zero attached hydrogens (tertiary/aromatic N) is 1. The van der Waals surface area contributed by atoms with Crippen LogP contribution in [0.5, 0.6) is 0 Å². The van der Waals surface area contributed by atoms with Crippen molar-refractivity contribution in [1.29, 1.82) is 0 Å². The minimum Gasteiger partial charge on any atom is -0.383 e. The summed E-state index contributed by atoms with van der Waals surface area (Å²) in [6.07, 6.45) is 6.32. The van der Waals surface area contributed by atoms with Crippen LogP contribution in [0.3, 0.4) is 0 Å². The molecule has 0 aromatic heterocycles. The van der Waals surface area contributed by atoms with Crippen LogP contribution in [-0.4, -0.2) is 43.5 Å². The molecule has 3 heteroatoms. The van der Waals surface area contributed by atoms with E-state index in [1.54, 1.807) is 7.11 Å². The SMILES string of the molecule is CCC(CC)N(CCCCCS)CCOC. The molecule has 0 atom stereocenters. The molecule has 0 rings (SSSR count). The van der Waals surface area contributed by atoms with E-state index in [9.17, 15) is 0 Å². The number of thiol groups is 1. The van der Waals surface area contributed by atoms with Gasteiger partial charge >= 0.3 is 0 Å². The monoisotopic (exact) mass is 247 g/mol. The fourth-order valence-corrected chi connectivity index (χ4v) is 2.32. The quantitative estimate of drug-likeness (QED) is 0.444. The van der Waals surface area contributed by atoms with Crippen LogP contribution in [0.25, 0.3) is 0 Å². The molecule has 0 aliphatic heterocycles. The minimum atomic E-state index is 0.728. The van der Waals surface area contributed by atoms with Crippen molar-refractivity contribution in [1.82, 2.24) is 4.90 Å². The second-order valence-electron chi connectivity index (χ2n) is 4.28. The van der Waals surface area contributed by atoms with Gasteiger partial charge in [-0.15, -0.1) is 0 Å². The zero-order valence-corrected chi connectivity index (χ0v) is 12.1. The Kier molecular flexibility index (Phi) is 11.9. The van der Waals surface area contributed by atoms with Crippen molar-refractivity contribution in [3.05, 3.63) is 0 Å². The molecule has 0 bridgehead atoms. The van der Waals surface area contributed by atoms with Gasteiger partial charge in [0.2, 0.25) is 0 Å². The number of ether oxygens (including phenoxy) is 1. The van der Waals surface area contributed by atoms with Gasteiger partial charge in [-0.25, -0.2) is 0 Å². The highest BCUT2D eigenvalue weighted by atomic mass is 32.1. The number of methoxy groups -OCH3 is 1. The molecular formula is C13H29NOS. The highest BCUT2D eigenvalue weighted by Crippen LogP contribution is 2.10. The van der Waals surface area contributed by atoms with Gasteiger partial charge in [0, 0.05) is 19.7 Å². The van der Waals surface area contributed by atoms with E-state index < -0.39 is 0 Å². The first-order valence-electron chi connectivity index (χ1n) is 6.63. The molecule has 0 unspecified atom stereocenters. The Morgan fingerprint density at radius 3 is 2.25 bits per heavy atom. The van der Waals surface area contributed by atoms with Crippen molar-refractivity contribution in [2.75, 3.05) is 32.6 Å². The lowest BCUT2D eigenvalue weighted by molar-refractivity contribution is 0.114. The summed E-state index contributed by atoms with van der Waals surface area (Å²) in [5.41, 5.74) is 0. The summed E-state index contributed by atoms with van der Waals surface area (Å²) < 4.78 is 5.19. The summed E-state index contributed by atoms with van der Waals surface area (Å²) >= 11 is 4.25. The number of unbranched alkanes of at least 4 members (excludes halogenated alkanes) is 2. The predicted octanol–water partition coefficient (Wildman–Crippen LogP) is 3.22. The number of rotatable bonds is 11. The number of hydrogen-bond acceptors (Lipinski definition) is 3. The normalized spacial score (nSPS) is 11.6. The standard InChI is InChI=1S/C13H29NOS/c1-4-13(5-2)14(10-11-15-3)9-7-6-8-12-16/h13,16H,4-12H2,1-3H3. The second kappa shape index (κ2) is 11.7. The molecule has 0 fully saturated rings. The topological polar surface area (TPSA) is 12.5 Å². The van der Waals surface area contributed by atoms with Gasteiger partial charge < -0.3 is 4.74 Å². The molecule has 0 amide bonds. The Morgan fingerprint density at radius 2 is 1.75 bits per heavy atom. The average molecular weight is 247 g/mol. The molecule has 0 aromatic carbocycles. The minimum absolute atomic E-state index is 0.728. The van der Waals surface area contributed by atoms with Crippen molar-refractivity contribution < 1.29 is 4.74 Å². The van der Waals surface area contributed by atoms with Crippen LogP contribution < -0.4 is 0 Å². The second-order valence-corrected chi connectivity index (χ2v) is 4.73. The van der Waals surface area contributed by atoms with Crippen molar-refractivity contribution >= 4 is 12.6 Å². The largest absolute Gasteiger partial charge is 0.383 e. The summed E-state index contributed by atoms with van der Waals surface area (Å²) in [4.78, 5) is 2.59. The van der Waals surface area contributed by atoms with Crippen LogP contribution in [0.15, 0.2) is 0 Å². The smallest absolute Gasteiger partial charge is 0.0589 e. The van der Waals surface area contributed by atoms with Gasteiger partial charge in [-0.1, -0.05) is 20.3 Å². The third-order valence-corrected chi connectivity index (χ3v) is 3.46. The Labute approximate surface area is 107 Å². The van der Waals surface area contributed by atoms with E-state index in [0.29, 0.717) is 0 Å². The van der Waals surface area contributed by atoms with Gasteiger partial charge in [0.25, 0.3) is 0 Å². The highest BCUT2D eigenvalue weighted by molar-refractivity contribution is 7.80. The fourth-order valence-electron chi connectivity index (χ4n) is 2.09. The maximum absolute atomic E-state index is 5.19. The third kappa shape index (κ3) is 7.53. The lowest BCUT2D eigenvalue weighted by Crippen LogP contribution is -2.37. The van der Waals surface area contributed by atoms with Crippen LogP contribution in [-0.2, 0) is 4.74 Å². The van der Waals surface area contributed by atoms with E-state index >= 15 is 0 Å². The fraction of sp³-hybridized carbons (Fsp3) is 1.00. The number of hydrogen-bond donors (Lipinski definition) is 1. The van der Waals surface area contributed by atoms with Gasteiger partial charge in [-0.05, 0) is 38.0 Å². The molecule has 2 nitrogen and oxygen atoms in total. The van der Waals surface area contributed by atoms with Gasteiger partial charge in [0.05, 0.1) is 6.61 Å². The first-order chi connectivity index (χ1) is 7.79. The molecule has 16 heavy (non-hydrogen) atoms. The molecule has 98 valence electrons. The van der Waals surface area contributed by atoms with E-state index in [1.807, 2.05) is 0 Å². The van der Waals surface area contributed by atoms with E-state index in [1.165, 1.54) is 38.6 Å². The van der Waals surface area contributed by atoms with Crippen LogP contribution >= 0.6 is 12.6 Å². The van der Waals surface area contributed by atoms with Crippen LogP contribution in [0.1, 0.15) is 46.0 Å². The van der Waals surface area contributed by atoms with Crippen LogP contribution in [0.4, 0.5) is 0 Å². The molecule has 0 aliphatic carbocycles. The molecule has 0 spiro atoms. The van der Waals surface area contributed by atoms with Crippen molar-refractivity contribution in [3.63, 3.8) is 0 Å². The van der Waals surface area contributed by atoms with E-state index in [4.69, 9.17) is 4.74 Å². The summed E-state index contributed by atoms with van der Waals surface area (Å²) in [5, 5.41) is 0. The summed E-state index contributed by atoms with van der Waals surface area (Å²) in [6, 6.07) is 0.728. The maximum Gasteiger partial charge on any atom is 0.0589 e. The van der Waals surface area contributed by atoms with Crippen molar-refractivity contribution in [3.8, 4) is 0 Å². The Morgan fingerprint density at radius 1 is 1.06 bits per heavy atom. The Bertz CT molecular complexity index is 140.